The highest BCUT2D eigenvalue weighted by Gasteiger charge is 2.02. The van der Waals surface area contributed by atoms with E-state index in [0.29, 0.717) is 6.42 Å². The molecule has 0 atom stereocenters. The molecule has 0 aliphatic carbocycles. The Hall–Kier alpha value is -3.67. The van der Waals surface area contributed by atoms with Gasteiger partial charge >= 0.3 is 0 Å². The van der Waals surface area contributed by atoms with Crippen LogP contribution in [0.3, 0.4) is 0 Å². The summed E-state index contributed by atoms with van der Waals surface area (Å²) in [7, 11) is 3.32. The zero-order valence-corrected chi connectivity index (χ0v) is 27.4. The molecule has 1 amide bonds. The first-order chi connectivity index (χ1) is 21.5. The summed E-state index contributed by atoms with van der Waals surface area (Å²) in [5.74, 6) is 1.99. The maximum absolute atomic E-state index is 11.9. The normalized spacial score (nSPS) is 10.4. The van der Waals surface area contributed by atoms with E-state index >= 15 is 0 Å². The number of rotatable bonds is 21. The predicted molar refractivity (Wildman–Crippen MR) is 186 cm³/mol. The molecular formula is C38H56N2O4. The zero-order chi connectivity index (χ0) is 31.7. The molecular weight excluding hydrogens is 548 g/mol. The van der Waals surface area contributed by atoms with Gasteiger partial charge in [-0.1, -0.05) is 96.8 Å². The van der Waals surface area contributed by atoms with Gasteiger partial charge in [0.2, 0.25) is 5.91 Å². The van der Waals surface area contributed by atoms with Crippen molar-refractivity contribution >= 4 is 23.0 Å². The number of ether oxygens (including phenoxy) is 2. The first-order valence-corrected chi connectivity index (χ1v) is 16.7. The minimum Gasteiger partial charge on any atom is -0.508 e. The lowest BCUT2D eigenvalue weighted by Gasteiger charge is -2.08. The van der Waals surface area contributed by atoms with Crippen LogP contribution in [0.4, 0.5) is 17.1 Å². The quantitative estimate of drug-likeness (QED) is 0.0832. The van der Waals surface area contributed by atoms with E-state index in [1.807, 2.05) is 48.5 Å². The highest BCUT2D eigenvalue weighted by Crippen LogP contribution is 2.22. The number of phenolic OH excluding ortho intramolecular Hbond substituents is 1. The number of unbranched alkanes of at least 4 members (excludes halogenated alkanes) is 14. The number of hydrogen-bond donors (Lipinski definition) is 3. The van der Waals surface area contributed by atoms with E-state index in [0.717, 1.165) is 41.4 Å². The molecule has 3 rings (SSSR count). The van der Waals surface area contributed by atoms with Gasteiger partial charge in [0, 0.05) is 23.5 Å². The molecule has 6 nitrogen and oxygen atoms in total. The van der Waals surface area contributed by atoms with Crippen LogP contribution in [-0.4, -0.2) is 25.2 Å². The molecule has 0 saturated heterocycles. The molecule has 3 aromatic carbocycles. The molecule has 0 bridgehead atoms. The van der Waals surface area contributed by atoms with E-state index in [1.165, 1.54) is 83.5 Å². The van der Waals surface area contributed by atoms with Gasteiger partial charge in [0.25, 0.3) is 0 Å². The van der Waals surface area contributed by atoms with Crippen molar-refractivity contribution in [3.8, 4) is 17.2 Å². The van der Waals surface area contributed by atoms with E-state index in [1.54, 1.807) is 38.5 Å². The third-order valence-corrected chi connectivity index (χ3v) is 7.63. The van der Waals surface area contributed by atoms with Crippen LogP contribution in [0.1, 0.15) is 110 Å². The van der Waals surface area contributed by atoms with Crippen LogP contribution in [0.25, 0.3) is 0 Å². The summed E-state index contributed by atoms with van der Waals surface area (Å²) >= 11 is 0. The van der Waals surface area contributed by atoms with Crippen LogP contribution >= 0.6 is 0 Å². The Labute approximate surface area is 266 Å². The van der Waals surface area contributed by atoms with Gasteiger partial charge in [0.05, 0.1) is 14.2 Å². The van der Waals surface area contributed by atoms with Crippen LogP contribution in [-0.2, 0) is 4.79 Å². The number of benzene rings is 3. The smallest absolute Gasteiger partial charge is 0.224 e. The van der Waals surface area contributed by atoms with E-state index in [4.69, 9.17) is 9.47 Å². The van der Waals surface area contributed by atoms with Crippen LogP contribution in [0.15, 0.2) is 72.8 Å². The van der Waals surface area contributed by atoms with Crippen molar-refractivity contribution in [3.63, 3.8) is 0 Å². The second-order valence-electron chi connectivity index (χ2n) is 11.4. The molecule has 6 heteroatoms. The van der Waals surface area contributed by atoms with Crippen molar-refractivity contribution in [2.24, 2.45) is 0 Å². The summed E-state index contributed by atoms with van der Waals surface area (Å²) in [6.07, 6.45) is 20.6. The third-order valence-electron chi connectivity index (χ3n) is 7.63. The van der Waals surface area contributed by atoms with Crippen molar-refractivity contribution in [2.75, 3.05) is 24.9 Å². The van der Waals surface area contributed by atoms with E-state index in [9.17, 15) is 9.90 Å². The van der Waals surface area contributed by atoms with Crippen molar-refractivity contribution < 1.29 is 19.4 Å². The number of anilines is 3. The highest BCUT2D eigenvalue weighted by atomic mass is 16.5. The molecule has 44 heavy (non-hydrogen) atoms. The summed E-state index contributed by atoms with van der Waals surface area (Å²) in [6.45, 7) is 2.27. The average Bonchev–Trinajstić information content (AvgIpc) is 3.05. The van der Waals surface area contributed by atoms with Crippen LogP contribution in [0.5, 0.6) is 17.2 Å². The van der Waals surface area contributed by atoms with Gasteiger partial charge in [-0.25, -0.2) is 0 Å². The SMILES string of the molecule is CCCCCCCCCCCCCCCCCC(=O)Nc1ccc(O)cc1.COc1ccc(Nc2ccc(OC)cc2)cc1. The third kappa shape index (κ3) is 17.4. The number of phenols is 1. The maximum atomic E-state index is 11.9. The molecule has 0 spiro atoms. The minimum atomic E-state index is 0.0652. The molecule has 0 aliphatic heterocycles. The summed E-state index contributed by atoms with van der Waals surface area (Å²) in [5.41, 5.74) is 2.80. The topological polar surface area (TPSA) is 79.8 Å². The Morgan fingerprint density at radius 1 is 0.545 bits per heavy atom. The molecule has 0 fully saturated rings. The van der Waals surface area contributed by atoms with Crippen LogP contribution < -0.4 is 20.1 Å². The van der Waals surface area contributed by atoms with Crippen molar-refractivity contribution in [1.82, 2.24) is 0 Å². The van der Waals surface area contributed by atoms with Gasteiger partial charge in [-0.05, 0) is 79.2 Å². The fourth-order valence-corrected chi connectivity index (χ4v) is 4.94. The van der Waals surface area contributed by atoms with E-state index in [-0.39, 0.29) is 11.7 Å². The van der Waals surface area contributed by atoms with Crippen molar-refractivity contribution in [2.45, 2.75) is 110 Å². The maximum Gasteiger partial charge on any atom is 0.224 e. The van der Waals surface area contributed by atoms with Crippen LogP contribution in [0, 0.1) is 0 Å². The Bertz CT molecular complexity index is 1070. The van der Waals surface area contributed by atoms with Crippen molar-refractivity contribution in [1.29, 1.82) is 0 Å². The van der Waals surface area contributed by atoms with Crippen molar-refractivity contribution in [3.05, 3.63) is 72.8 Å². The highest BCUT2D eigenvalue weighted by molar-refractivity contribution is 5.90. The summed E-state index contributed by atoms with van der Waals surface area (Å²) in [5, 5.41) is 15.4. The van der Waals surface area contributed by atoms with Gasteiger partial charge in [0.1, 0.15) is 17.2 Å². The lowest BCUT2D eigenvalue weighted by atomic mass is 10.0. The predicted octanol–water partition coefficient (Wildman–Crippen LogP) is 11.0. The second kappa shape index (κ2) is 23.7. The van der Waals surface area contributed by atoms with Gasteiger partial charge in [-0.15, -0.1) is 0 Å². The minimum absolute atomic E-state index is 0.0652. The number of methoxy groups -OCH3 is 2. The van der Waals surface area contributed by atoms with Gasteiger partial charge in [-0.3, -0.25) is 4.79 Å². The number of amides is 1. The molecule has 242 valence electrons. The first-order valence-electron chi connectivity index (χ1n) is 16.7. The summed E-state index contributed by atoms with van der Waals surface area (Å²) in [6, 6.07) is 22.2. The lowest BCUT2D eigenvalue weighted by molar-refractivity contribution is -0.116. The largest absolute Gasteiger partial charge is 0.508 e. The standard InChI is InChI=1S/C24H41NO2.C14H15NO2/c1-2-3-4-5-6-7-8-9-10-11-12-13-14-15-16-17-24(27)25-22-18-20-23(26)21-19-22;1-16-13-7-3-11(4-8-13)15-12-5-9-14(17-2)10-6-12/h18-21,26H,2-17H2,1H3,(H,25,27);3-10,15H,1-2H3. The Kier molecular flexibility index (Phi) is 19.7. The van der Waals surface area contributed by atoms with Crippen LogP contribution in [0.2, 0.25) is 0 Å². The van der Waals surface area contributed by atoms with Gasteiger partial charge in [0.15, 0.2) is 0 Å². The Balaban J connectivity index is 0.000000338. The number of nitrogens with one attached hydrogen (secondary N) is 2. The fourth-order valence-electron chi connectivity index (χ4n) is 4.94. The van der Waals surface area contributed by atoms with E-state index in [2.05, 4.69) is 17.6 Å². The molecule has 0 saturated carbocycles. The molecule has 0 radical (unpaired) electrons. The van der Waals surface area contributed by atoms with E-state index < -0.39 is 0 Å². The first kappa shape index (κ1) is 36.5. The second-order valence-corrected chi connectivity index (χ2v) is 11.4. The molecule has 0 aliphatic rings. The molecule has 0 aromatic heterocycles. The Morgan fingerprint density at radius 2 is 0.909 bits per heavy atom. The summed E-state index contributed by atoms with van der Waals surface area (Å²) < 4.78 is 10.2. The molecule has 3 N–H and O–H groups in total. The molecule has 0 heterocycles. The average molecular weight is 605 g/mol. The number of aromatic hydroxyl groups is 1. The fraction of sp³-hybridized carbons (Fsp3) is 0.500. The Morgan fingerprint density at radius 3 is 1.30 bits per heavy atom. The molecule has 0 unspecified atom stereocenters. The lowest BCUT2D eigenvalue weighted by Crippen LogP contribution is -2.10. The number of carbonyl (C=O) groups is 1. The number of hydrogen-bond acceptors (Lipinski definition) is 5. The monoisotopic (exact) mass is 604 g/mol. The number of carbonyl (C=O) groups excluding carboxylic acids is 1. The van der Waals surface area contributed by atoms with Gasteiger partial charge in [-0.2, -0.15) is 0 Å². The summed E-state index contributed by atoms with van der Waals surface area (Å²) in [4.78, 5) is 11.9. The zero-order valence-electron chi connectivity index (χ0n) is 27.4. The van der Waals surface area contributed by atoms with Gasteiger partial charge < -0.3 is 25.2 Å². The molecule has 3 aromatic rings.